The van der Waals surface area contributed by atoms with Crippen LogP contribution < -0.4 is 10.6 Å². The summed E-state index contributed by atoms with van der Waals surface area (Å²) < 4.78 is 0. The molecule has 0 saturated carbocycles. The lowest BCUT2D eigenvalue weighted by molar-refractivity contribution is -0.123. The molecule has 0 radical (unpaired) electrons. The van der Waals surface area contributed by atoms with Crippen molar-refractivity contribution in [3.05, 3.63) is 52.5 Å². The minimum Gasteiger partial charge on any atom is -0.350 e. The molecule has 0 fully saturated rings. The Morgan fingerprint density at radius 1 is 1.23 bits per heavy atom. The molecule has 2 atom stereocenters. The van der Waals surface area contributed by atoms with Crippen molar-refractivity contribution >= 4 is 23.2 Å². The number of nitrogens with zero attached hydrogens (tertiary/aromatic N) is 1. The normalized spacial score (nSPS) is 13.2. The van der Waals surface area contributed by atoms with Crippen molar-refractivity contribution in [2.24, 2.45) is 0 Å². The van der Waals surface area contributed by atoms with Gasteiger partial charge in [0.25, 0.3) is 0 Å². The van der Waals surface area contributed by atoms with Gasteiger partial charge in [0.15, 0.2) is 0 Å². The first-order chi connectivity index (χ1) is 10.6. The van der Waals surface area contributed by atoms with Gasteiger partial charge in [0.1, 0.15) is 0 Å². The first-order valence-corrected chi connectivity index (χ1v) is 7.94. The maximum absolute atomic E-state index is 12.2. The number of rotatable bonds is 6. The zero-order valence-corrected chi connectivity index (χ0v) is 13.4. The van der Waals surface area contributed by atoms with Gasteiger partial charge >= 0.3 is 0 Å². The van der Waals surface area contributed by atoms with E-state index in [1.807, 2.05) is 36.6 Å². The summed E-state index contributed by atoms with van der Waals surface area (Å²) in [6.07, 6.45) is 3.61. The Labute approximate surface area is 133 Å². The molecule has 0 bridgehead atoms. The van der Waals surface area contributed by atoms with E-state index in [0.29, 0.717) is 0 Å². The van der Waals surface area contributed by atoms with Gasteiger partial charge in [-0.05, 0) is 36.1 Å². The Kier molecular flexibility index (Phi) is 5.66. The summed E-state index contributed by atoms with van der Waals surface area (Å²) in [5.41, 5.74) is 0.996. The molecule has 0 saturated heterocycles. The highest BCUT2D eigenvalue weighted by Gasteiger charge is 2.19. The Morgan fingerprint density at radius 3 is 2.55 bits per heavy atom. The van der Waals surface area contributed by atoms with Crippen LogP contribution in [-0.2, 0) is 9.59 Å². The molecule has 6 heteroatoms. The molecule has 5 nitrogen and oxygen atoms in total. The molecule has 2 amide bonds. The summed E-state index contributed by atoms with van der Waals surface area (Å²) in [5, 5.41) is 7.71. The van der Waals surface area contributed by atoms with Gasteiger partial charge in [-0.25, -0.2) is 0 Å². The molecule has 0 unspecified atom stereocenters. The van der Waals surface area contributed by atoms with Crippen molar-refractivity contribution in [2.45, 2.75) is 32.4 Å². The SMILES string of the molecule is CC(=O)N[C@H](CC(=O)N[C@@H](C)c1ccncc1)c1cccs1. The van der Waals surface area contributed by atoms with Crippen LogP contribution >= 0.6 is 11.3 Å². The number of carbonyl (C=O) groups excluding carboxylic acids is 2. The van der Waals surface area contributed by atoms with E-state index in [0.717, 1.165) is 10.4 Å². The van der Waals surface area contributed by atoms with Crippen LogP contribution in [0.1, 0.15) is 42.8 Å². The lowest BCUT2D eigenvalue weighted by atomic mass is 10.1. The number of thiophene rings is 1. The van der Waals surface area contributed by atoms with Crippen LogP contribution in [0.3, 0.4) is 0 Å². The van der Waals surface area contributed by atoms with Gasteiger partial charge in [0.05, 0.1) is 18.5 Å². The summed E-state index contributed by atoms with van der Waals surface area (Å²) in [5.74, 6) is -0.246. The predicted octanol–water partition coefficient (Wildman–Crippen LogP) is 2.59. The summed E-state index contributed by atoms with van der Waals surface area (Å²) in [4.78, 5) is 28.5. The molecule has 2 aromatic rings. The quantitative estimate of drug-likeness (QED) is 0.860. The van der Waals surface area contributed by atoms with Crippen molar-refractivity contribution in [1.29, 1.82) is 0 Å². The first kappa shape index (κ1) is 16.2. The summed E-state index contributed by atoms with van der Waals surface area (Å²) >= 11 is 1.53. The molecule has 0 aromatic carbocycles. The van der Waals surface area contributed by atoms with Crippen LogP contribution in [-0.4, -0.2) is 16.8 Å². The molecule has 2 N–H and O–H groups in total. The fraction of sp³-hybridized carbons (Fsp3) is 0.312. The number of nitrogens with one attached hydrogen (secondary N) is 2. The highest BCUT2D eigenvalue weighted by atomic mass is 32.1. The fourth-order valence-corrected chi connectivity index (χ4v) is 2.96. The maximum atomic E-state index is 12.2. The Balaban J connectivity index is 1.98. The van der Waals surface area contributed by atoms with Crippen molar-refractivity contribution in [3.63, 3.8) is 0 Å². The molecule has 116 valence electrons. The number of aromatic nitrogens is 1. The summed E-state index contributed by atoms with van der Waals surface area (Å²) in [7, 11) is 0. The second-order valence-corrected chi connectivity index (χ2v) is 6.02. The zero-order valence-electron chi connectivity index (χ0n) is 12.6. The third-order valence-corrected chi connectivity index (χ3v) is 4.22. The lowest BCUT2D eigenvalue weighted by Gasteiger charge is -2.19. The third kappa shape index (κ3) is 4.66. The van der Waals surface area contributed by atoms with Gasteiger partial charge in [-0.3, -0.25) is 14.6 Å². The lowest BCUT2D eigenvalue weighted by Crippen LogP contribution is -2.33. The molecule has 0 aliphatic carbocycles. The molecular formula is C16H19N3O2S. The molecule has 2 rings (SSSR count). The van der Waals surface area contributed by atoms with Crippen LogP contribution in [0.4, 0.5) is 0 Å². The van der Waals surface area contributed by atoms with E-state index >= 15 is 0 Å². The predicted molar refractivity (Wildman–Crippen MR) is 86.3 cm³/mol. The van der Waals surface area contributed by atoms with Crippen LogP contribution in [0.15, 0.2) is 42.0 Å². The molecule has 0 aliphatic rings. The second kappa shape index (κ2) is 7.70. The van der Waals surface area contributed by atoms with E-state index in [-0.39, 0.29) is 30.3 Å². The second-order valence-electron chi connectivity index (χ2n) is 5.04. The molecule has 0 spiro atoms. The van der Waals surface area contributed by atoms with E-state index in [2.05, 4.69) is 15.6 Å². The summed E-state index contributed by atoms with van der Waals surface area (Å²) in [6.45, 7) is 3.38. The smallest absolute Gasteiger partial charge is 0.222 e. The van der Waals surface area contributed by atoms with Gasteiger partial charge in [0.2, 0.25) is 11.8 Å². The monoisotopic (exact) mass is 317 g/mol. The van der Waals surface area contributed by atoms with Gasteiger partial charge < -0.3 is 10.6 Å². The number of pyridine rings is 1. The van der Waals surface area contributed by atoms with Gasteiger partial charge in [-0.1, -0.05) is 6.07 Å². The van der Waals surface area contributed by atoms with E-state index in [4.69, 9.17) is 0 Å². The van der Waals surface area contributed by atoms with Crippen molar-refractivity contribution in [1.82, 2.24) is 15.6 Å². The minimum atomic E-state index is -0.290. The number of hydrogen-bond acceptors (Lipinski definition) is 4. The fourth-order valence-electron chi connectivity index (χ4n) is 2.18. The van der Waals surface area contributed by atoms with Gasteiger partial charge in [-0.2, -0.15) is 0 Å². The van der Waals surface area contributed by atoms with Crippen molar-refractivity contribution in [2.75, 3.05) is 0 Å². The van der Waals surface area contributed by atoms with Crippen LogP contribution in [0.25, 0.3) is 0 Å². The molecule has 2 heterocycles. The van der Waals surface area contributed by atoms with Crippen LogP contribution in [0.2, 0.25) is 0 Å². The largest absolute Gasteiger partial charge is 0.350 e. The highest BCUT2D eigenvalue weighted by molar-refractivity contribution is 7.10. The Morgan fingerprint density at radius 2 is 1.95 bits per heavy atom. The molecule has 0 aliphatic heterocycles. The van der Waals surface area contributed by atoms with Crippen molar-refractivity contribution in [3.8, 4) is 0 Å². The van der Waals surface area contributed by atoms with E-state index in [9.17, 15) is 9.59 Å². The average molecular weight is 317 g/mol. The molecule has 22 heavy (non-hydrogen) atoms. The Bertz CT molecular complexity index is 614. The highest BCUT2D eigenvalue weighted by Crippen LogP contribution is 2.22. The van der Waals surface area contributed by atoms with Gasteiger partial charge in [0, 0.05) is 24.2 Å². The molecule has 2 aromatic heterocycles. The Hall–Kier alpha value is -2.21. The van der Waals surface area contributed by atoms with E-state index in [1.54, 1.807) is 12.4 Å². The van der Waals surface area contributed by atoms with E-state index < -0.39 is 0 Å². The van der Waals surface area contributed by atoms with Crippen LogP contribution in [0, 0.1) is 0 Å². The number of hydrogen-bond donors (Lipinski definition) is 2. The van der Waals surface area contributed by atoms with Crippen LogP contribution in [0.5, 0.6) is 0 Å². The van der Waals surface area contributed by atoms with E-state index in [1.165, 1.54) is 18.3 Å². The topological polar surface area (TPSA) is 71.1 Å². The standard InChI is InChI=1S/C16H19N3O2S/c1-11(13-5-7-17-8-6-13)18-16(21)10-14(19-12(2)20)15-4-3-9-22-15/h3-9,11,14H,10H2,1-2H3,(H,18,21)(H,19,20)/t11-,14+/m0/s1. The first-order valence-electron chi connectivity index (χ1n) is 7.06. The average Bonchev–Trinajstić information content (AvgIpc) is 3.01. The minimum absolute atomic E-state index is 0.100. The molecular weight excluding hydrogens is 298 g/mol. The van der Waals surface area contributed by atoms with Crippen molar-refractivity contribution < 1.29 is 9.59 Å². The third-order valence-electron chi connectivity index (χ3n) is 3.24. The maximum Gasteiger partial charge on any atom is 0.222 e. The number of carbonyl (C=O) groups is 2. The number of amides is 2. The zero-order chi connectivity index (χ0) is 15.9. The van der Waals surface area contributed by atoms with Gasteiger partial charge in [-0.15, -0.1) is 11.3 Å². The summed E-state index contributed by atoms with van der Waals surface area (Å²) in [6, 6.07) is 7.18.